The van der Waals surface area contributed by atoms with Crippen LogP contribution in [0.2, 0.25) is 0 Å². The van der Waals surface area contributed by atoms with Gasteiger partial charge in [0.1, 0.15) is 17.2 Å². The number of Topliss-reactive ketones (excluding diaryl/α,β-unsaturated/α-hetero) is 1. The predicted octanol–water partition coefficient (Wildman–Crippen LogP) is 7.62. The van der Waals surface area contributed by atoms with Crippen molar-refractivity contribution in [3.63, 3.8) is 0 Å². The molecule has 1 heterocycles. The number of ether oxygens (including phenoxy) is 2. The maximum Gasteiger partial charge on any atom is 0.231 e. The number of allylic oxidation sites excluding steroid dienone is 1. The molecule has 200 valence electrons. The molecule has 5 nitrogen and oxygen atoms in total. The van der Waals surface area contributed by atoms with Crippen LogP contribution in [0.1, 0.15) is 53.6 Å². The van der Waals surface area contributed by atoms with Gasteiger partial charge in [0.2, 0.25) is 5.78 Å². The van der Waals surface area contributed by atoms with Crippen molar-refractivity contribution >= 4 is 22.6 Å². The van der Waals surface area contributed by atoms with E-state index in [1.54, 1.807) is 12.1 Å². The van der Waals surface area contributed by atoms with Crippen LogP contribution < -0.4 is 9.47 Å². The smallest absolute Gasteiger partial charge is 0.231 e. The predicted molar refractivity (Wildman–Crippen MR) is 156 cm³/mol. The minimum atomic E-state index is -0.1000. The van der Waals surface area contributed by atoms with E-state index in [-0.39, 0.29) is 5.78 Å². The van der Waals surface area contributed by atoms with Crippen molar-refractivity contribution in [3.05, 3.63) is 107 Å². The summed E-state index contributed by atoms with van der Waals surface area (Å²) in [5, 5.41) is 11.8. The number of hydrogen-bond donors (Lipinski definition) is 1. The maximum absolute atomic E-state index is 12.9. The molecule has 0 spiro atoms. The average Bonchev–Trinajstić information content (AvgIpc) is 3.24. The third kappa shape index (κ3) is 6.87. The summed E-state index contributed by atoms with van der Waals surface area (Å²) < 4.78 is 11.9. The third-order valence-corrected chi connectivity index (χ3v) is 7.07. The molecule has 1 N–H and O–H groups in total. The summed E-state index contributed by atoms with van der Waals surface area (Å²) in [6.45, 7) is 2.53. The number of nitrogens with zero attached hydrogens (tertiary/aromatic N) is 1. The Morgan fingerprint density at radius 3 is 2.56 bits per heavy atom. The van der Waals surface area contributed by atoms with Crippen LogP contribution in [0.25, 0.3) is 16.8 Å². The molecule has 4 aromatic carbocycles. The molecule has 39 heavy (non-hydrogen) atoms. The fourth-order valence-corrected chi connectivity index (χ4v) is 5.02. The number of phenols is 1. The standard InChI is InChI=1S/C34H35NO4/c1-35(24-25-11-9-15-28(36)21-25)19-7-3-2-4-8-20-38-29-17-18-31-32(23-29)39-33(34(31)37)22-27-14-10-13-26-12-5-6-16-30(26)27/h5-6,9-18,21-23,36H,2-4,7-8,19-20,24H2,1H3/b33-22-. The molecule has 0 saturated carbocycles. The molecule has 0 saturated heterocycles. The number of carbonyl (C=O) groups excluding carboxylic acids is 1. The van der Waals surface area contributed by atoms with Crippen LogP contribution in [0.3, 0.4) is 0 Å². The fraction of sp³-hybridized carbons (Fsp3) is 0.265. The quantitative estimate of drug-likeness (QED) is 0.153. The second-order valence-electron chi connectivity index (χ2n) is 10.2. The third-order valence-electron chi connectivity index (χ3n) is 7.07. The van der Waals surface area contributed by atoms with E-state index >= 15 is 0 Å². The van der Waals surface area contributed by atoms with Crippen LogP contribution >= 0.6 is 0 Å². The lowest BCUT2D eigenvalue weighted by Gasteiger charge is -2.16. The lowest BCUT2D eigenvalue weighted by atomic mass is 10.0. The van der Waals surface area contributed by atoms with E-state index in [1.165, 1.54) is 12.8 Å². The minimum absolute atomic E-state index is 0.1000. The molecule has 0 unspecified atom stereocenters. The number of unbranched alkanes of at least 4 members (excludes halogenated alkanes) is 4. The monoisotopic (exact) mass is 521 g/mol. The van der Waals surface area contributed by atoms with E-state index in [1.807, 2.05) is 60.7 Å². The van der Waals surface area contributed by atoms with E-state index in [2.05, 4.69) is 30.1 Å². The van der Waals surface area contributed by atoms with Gasteiger partial charge in [0.15, 0.2) is 5.76 Å². The molecule has 0 fully saturated rings. The van der Waals surface area contributed by atoms with Gasteiger partial charge in [-0.3, -0.25) is 4.79 Å². The molecule has 5 rings (SSSR count). The first-order valence-electron chi connectivity index (χ1n) is 13.7. The number of ketones is 1. The van der Waals surface area contributed by atoms with E-state index in [0.29, 0.717) is 29.4 Å². The first-order chi connectivity index (χ1) is 19.1. The molecule has 0 radical (unpaired) electrons. The highest BCUT2D eigenvalue weighted by molar-refractivity contribution is 6.15. The summed E-state index contributed by atoms with van der Waals surface area (Å²) in [7, 11) is 2.12. The van der Waals surface area contributed by atoms with Crippen molar-refractivity contribution in [2.75, 3.05) is 20.2 Å². The van der Waals surface area contributed by atoms with Crippen LogP contribution in [0.5, 0.6) is 17.2 Å². The van der Waals surface area contributed by atoms with Crippen molar-refractivity contribution in [1.29, 1.82) is 0 Å². The summed E-state index contributed by atoms with van der Waals surface area (Å²) in [6, 6.07) is 27.1. The van der Waals surface area contributed by atoms with Gasteiger partial charge in [-0.1, -0.05) is 73.9 Å². The van der Waals surface area contributed by atoms with Crippen molar-refractivity contribution in [2.45, 2.75) is 38.6 Å². The zero-order valence-corrected chi connectivity index (χ0v) is 22.4. The SMILES string of the molecule is CN(CCCCCCCOc1ccc2c(c1)O/C(=C\c1cccc3ccccc13)C2=O)Cc1cccc(O)c1. The fourth-order valence-electron chi connectivity index (χ4n) is 5.02. The van der Waals surface area contributed by atoms with E-state index in [4.69, 9.17) is 9.47 Å². The first kappa shape index (κ1) is 26.5. The normalized spacial score (nSPS) is 13.7. The van der Waals surface area contributed by atoms with Gasteiger partial charge in [0.05, 0.1) is 12.2 Å². The highest BCUT2D eigenvalue weighted by Crippen LogP contribution is 2.35. The molecule has 0 atom stereocenters. The van der Waals surface area contributed by atoms with Crippen LogP contribution in [0, 0.1) is 0 Å². The number of carbonyl (C=O) groups is 1. The summed E-state index contributed by atoms with van der Waals surface area (Å²) in [4.78, 5) is 15.2. The minimum Gasteiger partial charge on any atom is -0.508 e. The van der Waals surface area contributed by atoms with E-state index in [0.717, 1.165) is 60.0 Å². The second kappa shape index (κ2) is 12.6. The lowest BCUT2D eigenvalue weighted by molar-refractivity contribution is 0.101. The summed E-state index contributed by atoms with van der Waals surface area (Å²) in [5.41, 5.74) is 2.67. The number of hydrogen-bond acceptors (Lipinski definition) is 5. The van der Waals surface area contributed by atoms with E-state index < -0.39 is 0 Å². The van der Waals surface area contributed by atoms with Crippen LogP contribution in [0.4, 0.5) is 0 Å². The lowest BCUT2D eigenvalue weighted by Crippen LogP contribution is -2.18. The summed E-state index contributed by atoms with van der Waals surface area (Å²) >= 11 is 0. The Labute approximate surface area is 230 Å². The molecule has 4 aromatic rings. The second-order valence-corrected chi connectivity index (χ2v) is 10.2. The molecule has 1 aliphatic heterocycles. The number of aromatic hydroxyl groups is 1. The Bertz CT molecular complexity index is 1470. The van der Waals surface area contributed by atoms with Crippen molar-refractivity contribution in [1.82, 2.24) is 4.90 Å². The Kier molecular flexibility index (Phi) is 8.59. The Morgan fingerprint density at radius 1 is 0.872 bits per heavy atom. The molecule has 1 aliphatic rings. The Morgan fingerprint density at radius 2 is 1.67 bits per heavy atom. The van der Waals surface area contributed by atoms with Gasteiger partial charge in [-0.15, -0.1) is 0 Å². The van der Waals surface area contributed by atoms with Gasteiger partial charge in [0.25, 0.3) is 0 Å². The average molecular weight is 522 g/mol. The van der Waals surface area contributed by atoms with Gasteiger partial charge in [-0.05, 0) is 78.7 Å². The van der Waals surface area contributed by atoms with Gasteiger partial charge in [-0.2, -0.15) is 0 Å². The topological polar surface area (TPSA) is 59.0 Å². The zero-order valence-electron chi connectivity index (χ0n) is 22.4. The van der Waals surface area contributed by atoms with Crippen molar-refractivity contribution in [2.24, 2.45) is 0 Å². The molecule has 0 bridgehead atoms. The number of fused-ring (bicyclic) bond motifs is 2. The number of rotatable bonds is 12. The van der Waals surface area contributed by atoms with Crippen LogP contribution in [0.15, 0.2) is 90.7 Å². The zero-order chi connectivity index (χ0) is 27.0. The molecule has 0 amide bonds. The van der Waals surface area contributed by atoms with Crippen LogP contribution in [-0.2, 0) is 6.54 Å². The Balaban J connectivity index is 1.03. The van der Waals surface area contributed by atoms with Crippen molar-refractivity contribution < 1.29 is 19.4 Å². The molecule has 0 aliphatic carbocycles. The molecule has 5 heteroatoms. The molecular formula is C34H35NO4. The van der Waals surface area contributed by atoms with Crippen LogP contribution in [-0.4, -0.2) is 36.0 Å². The van der Waals surface area contributed by atoms with Gasteiger partial charge >= 0.3 is 0 Å². The van der Waals surface area contributed by atoms with E-state index in [9.17, 15) is 9.90 Å². The molecule has 0 aromatic heterocycles. The largest absolute Gasteiger partial charge is 0.508 e. The number of phenolic OH excluding ortho intramolecular Hbond substituents is 1. The summed E-state index contributed by atoms with van der Waals surface area (Å²) in [6.07, 6.45) is 7.45. The van der Waals surface area contributed by atoms with Gasteiger partial charge in [0, 0.05) is 12.6 Å². The van der Waals surface area contributed by atoms with Gasteiger partial charge in [-0.25, -0.2) is 0 Å². The first-order valence-corrected chi connectivity index (χ1v) is 13.7. The van der Waals surface area contributed by atoms with Crippen molar-refractivity contribution in [3.8, 4) is 17.2 Å². The highest BCUT2D eigenvalue weighted by Gasteiger charge is 2.28. The van der Waals surface area contributed by atoms with Gasteiger partial charge < -0.3 is 19.5 Å². The highest BCUT2D eigenvalue weighted by atomic mass is 16.5. The summed E-state index contributed by atoms with van der Waals surface area (Å²) in [5.74, 6) is 1.84. The molecular weight excluding hydrogens is 486 g/mol. The number of benzene rings is 4. The maximum atomic E-state index is 12.9. The Hall–Kier alpha value is -4.09.